The lowest BCUT2D eigenvalue weighted by atomic mass is 10.0. The van der Waals surface area contributed by atoms with Crippen LogP contribution in [-0.2, 0) is 6.61 Å². The first-order valence-electron chi connectivity index (χ1n) is 11.0. The van der Waals surface area contributed by atoms with E-state index in [1.807, 2.05) is 48.5 Å². The van der Waals surface area contributed by atoms with Crippen LogP contribution in [0.5, 0.6) is 5.75 Å². The molecule has 0 spiro atoms. The van der Waals surface area contributed by atoms with Crippen molar-refractivity contribution in [1.82, 2.24) is 10.3 Å². The van der Waals surface area contributed by atoms with Gasteiger partial charge in [0, 0.05) is 18.2 Å². The number of rotatable bonds is 4. The van der Waals surface area contributed by atoms with Crippen molar-refractivity contribution in [2.45, 2.75) is 19.1 Å². The maximum absolute atomic E-state index is 12.8. The molecule has 2 N–H and O–H groups in total. The molecule has 0 fully saturated rings. The lowest BCUT2D eigenvalue weighted by molar-refractivity contribution is 0.0923. The fourth-order valence-corrected chi connectivity index (χ4v) is 3.75. The number of aromatic nitrogens is 1. The number of fused-ring (bicyclic) bond motifs is 1. The van der Waals surface area contributed by atoms with Crippen LogP contribution in [0, 0.1) is 5.82 Å². The number of aliphatic hydroxyl groups is 1. The molecular formula is C28H25FN2O3. The number of amides is 1. The lowest BCUT2D eigenvalue weighted by Gasteiger charge is -2.25. The average Bonchev–Trinajstić information content (AvgIpc) is 2.90. The van der Waals surface area contributed by atoms with Crippen LogP contribution >= 0.6 is 0 Å². The van der Waals surface area contributed by atoms with E-state index in [2.05, 4.69) is 22.4 Å². The SMILES string of the molecule is O=C(NC1CCOc2cccnc21)c1ccc(F)cc1.OCc1ccccc1-c1ccccc1. The maximum Gasteiger partial charge on any atom is 0.251 e. The number of carbonyl (C=O) groups is 1. The first-order valence-corrected chi connectivity index (χ1v) is 11.0. The van der Waals surface area contributed by atoms with Gasteiger partial charge in [-0.25, -0.2) is 4.39 Å². The third-order valence-corrected chi connectivity index (χ3v) is 5.48. The Morgan fingerprint density at radius 3 is 2.47 bits per heavy atom. The molecule has 1 aliphatic rings. The molecule has 2 heterocycles. The molecule has 3 aromatic carbocycles. The first-order chi connectivity index (χ1) is 16.7. The minimum atomic E-state index is -0.361. The van der Waals surface area contributed by atoms with E-state index in [-0.39, 0.29) is 24.4 Å². The summed E-state index contributed by atoms with van der Waals surface area (Å²) in [6.45, 7) is 0.623. The van der Waals surface area contributed by atoms with Gasteiger partial charge in [0.2, 0.25) is 0 Å². The summed E-state index contributed by atoms with van der Waals surface area (Å²) in [5.41, 5.74) is 4.39. The standard InChI is InChI=1S/C15H13FN2O2.C13H12O/c16-11-5-3-10(4-6-11)15(19)18-12-7-9-20-13-2-1-8-17-14(12)13;14-10-12-8-4-5-9-13(12)11-6-2-1-3-7-11/h1-6,8,12H,7,9H2,(H,18,19);1-9,14H,10H2. The fourth-order valence-electron chi connectivity index (χ4n) is 3.75. The molecule has 0 saturated heterocycles. The van der Waals surface area contributed by atoms with E-state index < -0.39 is 0 Å². The number of hydrogen-bond acceptors (Lipinski definition) is 4. The van der Waals surface area contributed by atoms with Crippen LogP contribution < -0.4 is 10.1 Å². The van der Waals surface area contributed by atoms with E-state index >= 15 is 0 Å². The summed E-state index contributed by atoms with van der Waals surface area (Å²) in [5, 5.41) is 12.1. The molecule has 5 nitrogen and oxygen atoms in total. The Balaban J connectivity index is 0.000000172. The summed E-state index contributed by atoms with van der Waals surface area (Å²) < 4.78 is 18.3. The molecule has 0 saturated carbocycles. The Hall–Kier alpha value is -4.03. The van der Waals surface area contributed by atoms with E-state index in [4.69, 9.17) is 4.74 Å². The zero-order chi connectivity index (χ0) is 23.8. The van der Waals surface area contributed by atoms with Crippen LogP contribution in [-0.4, -0.2) is 22.6 Å². The Bertz CT molecular complexity index is 1230. The van der Waals surface area contributed by atoms with E-state index in [1.54, 1.807) is 12.3 Å². The van der Waals surface area contributed by atoms with E-state index in [0.29, 0.717) is 24.3 Å². The number of ether oxygens (including phenoxy) is 1. The van der Waals surface area contributed by atoms with Gasteiger partial charge in [0.15, 0.2) is 0 Å². The molecule has 1 aromatic heterocycles. The van der Waals surface area contributed by atoms with Crippen LogP contribution in [0.15, 0.2) is 97.2 Å². The number of benzene rings is 3. The van der Waals surface area contributed by atoms with Gasteiger partial charge in [0.25, 0.3) is 5.91 Å². The van der Waals surface area contributed by atoms with Crippen LogP contribution in [0.3, 0.4) is 0 Å². The van der Waals surface area contributed by atoms with Gasteiger partial charge in [-0.2, -0.15) is 0 Å². The van der Waals surface area contributed by atoms with Crippen molar-refractivity contribution in [2.24, 2.45) is 0 Å². The Morgan fingerprint density at radius 1 is 0.971 bits per heavy atom. The molecule has 1 aliphatic heterocycles. The van der Waals surface area contributed by atoms with Crippen LogP contribution in [0.4, 0.5) is 4.39 Å². The molecule has 1 atom stereocenters. The molecule has 5 rings (SSSR count). The fraction of sp³-hybridized carbons (Fsp3) is 0.143. The highest BCUT2D eigenvalue weighted by atomic mass is 19.1. The van der Waals surface area contributed by atoms with Gasteiger partial charge in [-0.1, -0.05) is 54.6 Å². The number of halogens is 1. The predicted octanol–water partition coefficient (Wildman–Crippen LogP) is 5.32. The van der Waals surface area contributed by atoms with Gasteiger partial charge in [0.05, 0.1) is 19.3 Å². The van der Waals surface area contributed by atoms with Gasteiger partial charge in [0.1, 0.15) is 17.3 Å². The predicted molar refractivity (Wildman–Crippen MR) is 129 cm³/mol. The topological polar surface area (TPSA) is 71.5 Å². The van der Waals surface area contributed by atoms with E-state index in [0.717, 1.165) is 22.4 Å². The van der Waals surface area contributed by atoms with Gasteiger partial charge in [-0.3, -0.25) is 9.78 Å². The number of pyridine rings is 1. The largest absolute Gasteiger partial charge is 0.491 e. The molecule has 172 valence electrons. The van der Waals surface area contributed by atoms with Crippen molar-refractivity contribution < 1.29 is 19.0 Å². The maximum atomic E-state index is 12.8. The second kappa shape index (κ2) is 11.2. The van der Waals surface area contributed by atoms with Crippen molar-refractivity contribution in [2.75, 3.05) is 6.61 Å². The van der Waals surface area contributed by atoms with Gasteiger partial charge in [-0.05, 0) is 53.1 Å². The van der Waals surface area contributed by atoms with Crippen LogP contribution in [0.1, 0.15) is 34.1 Å². The third-order valence-electron chi connectivity index (χ3n) is 5.48. The highest BCUT2D eigenvalue weighted by molar-refractivity contribution is 5.94. The molecule has 0 aliphatic carbocycles. The molecule has 4 aromatic rings. The molecule has 0 bridgehead atoms. The van der Waals surface area contributed by atoms with Crippen molar-refractivity contribution >= 4 is 5.91 Å². The van der Waals surface area contributed by atoms with Gasteiger partial charge in [-0.15, -0.1) is 0 Å². The number of hydrogen-bond donors (Lipinski definition) is 2. The summed E-state index contributed by atoms with van der Waals surface area (Å²) in [6.07, 6.45) is 2.33. The highest BCUT2D eigenvalue weighted by Crippen LogP contribution is 2.29. The molecular weight excluding hydrogens is 431 g/mol. The average molecular weight is 457 g/mol. The smallest absolute Gasteiger partial charge is 0.251 e. The lowest BCUT2D eigenvalue weighted by Crippen LogP contribution is -2.32. The number of nitrogens with one attached hydrogen (secondary N) is 1. The Labute approximate surface area is 197 Å². The van der Waals surface area contributed by atoms with Gasteiger partial charge >= 0.3 is 0 Å². The highest BCUT2D eigenvalue weighted by Gasteiger charge is 2.24. The van der Waals surface area contributed by atoms with Crippen LogP contribution in [0.2, 0.25) is 0 Å². The summed E-state index contributed by atoms with van der Waals surface area (Å²) in [4.78, 5) is 16.4. The Morgan fingerprint density at radius 2 is 1.71 bits per heavy atom. The minimum absolute atomic E-state index is 0.0884. The summed E-state index contributed by atoms with van der Waals surface area (Å²) in [5.74, 6) is 0.0938. The molecule has 1 amide bonds. The van der Waals surface area contributed by atoms with Crippen molar-refractivity contribution in [1.29, 1.82) is 0 Å². The molecule has 34 heavy (non-hydrogen) atoms. The number of aliphatic hydroxyl groups excluding tert-OH is 1. The molecule has 1 unspecified atom stereocenters. The second-order valence-electron chi connectivity index (χ2n) is 7.74. The molecule has 0 radical (unpaired) electrons. The zero-order valence-electron chi connectivity index (χ0n) is 18.5. The zero-order valence-corrected chi connectivity index (χ0v) is 18.5. The Kier molecular flexibility index (Phi) is 7.63. The third kappa shape index (κ3) is 5.66. The number of carbonyl (C=O) groups excluding carboxylic acids is 1. The van der Waals surface area contributed by atoms with Crippen molar-refractivity contribution in [3.05, 3.63) is 120 Å². The monoisotopic (exact) mass is 456 g/mol. The minimum Gasteiger partial charge on any atom is -0.491 e. The normalized spacial score (nSPS) is 14.1. The van der Waals surface area contributed by atoms with Gasteiger partial charge < -0.3 is 15.2 Å². The summed E-state index contributed by atoms with van der Waals surface area (Å²) >= 11 is 0. The van der Waals surface area contributed by atoms with Crippen LogP contribution in [0.25, 0.3) is 11.1 Å². The second-order valence-corrected chi connectivity index (χ2v) is 7.74. The van der Waals surface area contributed by atoms with E-state index in [9.17, 15) is 14.3 Å². The van der Waals surface area contributed by atoms with Crippen molar-refractivity contribution in [3.63, 3.8) is 0 Å². The number of nitrogens with zero attached hydrogens (tertiary/aromatic N) is 1. The van der Waals surface area contributed by atoms with Crippen molar-refractivity contribution in [3.8, 4) is 16.9 Å². The molecule has 6 heteroatoms. The summed E-state index contributed by atoms with van der Waals surface area (Å²) in [7, 11) is 0. The first kappa shape index (κ1) is 23.1. The summed E-state index contributed by atoms with van der Waals surface area (Å²) in [6, 6.07) is 26.9. The van der Waals surface area contributed by atoms with E-state index in [1.165, 1.54) is 24.3 Å². The quantitative estimate of drug-likeness (QED) is 0.436.